The summed E-state index contributed by atoms with van der Waals surface area (Å²) >= 11 is 3.34. The highest BCUT2D eigenvalue weighted by atomic mass is 79.9. The molecule has 1 N–H and O–H groups in total. The van der Waals surface area contributed by atoms with Gasteiger partial charge in [-0.25, -0.2) is 4.39 Å². The Kier molecular flexibility index (Phi) is 5.79. The zero-order valence-electron chi connectivity index (χ0n) is 11.3. The van der Waals surface area contributed by atoms with Crippen molar-refractivity contribution in [2.75, 3.05) is 13.7 Å². The maximum absolute atomic E-state index is 13.4. The van der Waals surface area contributed by atoms with Gasteiger partial charge in [-0.1, -0.05) is 15.9 Å². The van der Waals surface area contributed by atoms with Crippen molar-refractivity contribution in [3.8, 4) is 0 Å². The number of ether oxygens (including phenoxy) is 1. The van der Waals surface area contributed by atoms with Crippen LogP contribution in [0, 0.1) is 5.82 Å². The second-order valence-corrected chi connectivity index (χ2v) is 6.03. The molecule has 1 aromatic rings. The lowest BCUT2D eigenvalue weighted by Gasteiger charge is -2.18. The van der Waals surface area contributed by atoms with Gasteiger partial charge in [0.25, 0.3) is 0 Å². The molecule has 1 aliphatic heterocycles. The number of hydrogen-bond acceptors (Lipinski definition) is 2. The van der Waals surface area contributed by atoms with Crippen LogP contribution < -0.4 is 5.32 Å². The first-order valence-electron chi connectivity index (χ1n) is 6.94. The van der Waals surface area contributed by atoms with Crippen molar-refractivity contribution in [1.82, 2.24) is 5.32 Å². The van der Waals surface area contributed by atoms with Crippen molar-refractivity contribution in [1.29, 1.82) is 0 Å². The Morgan fingerprint density at radius 3 is 2.95 bits per heavy atom. The quantitative estimate of drug-likeness (QED) is 0.844. The van der Waals surface area contributed by atoms with Crippen LogP contribution in [0.5, 0.6) is 0 Å². The van der Waals surface area contributed by atoms with E-state index in [2.05, 4.69) is 21.2 Å². The van der Waals surface area contributed by atoms with Gasteiger partial charge in [0, 0.05) is 17.1 Å². The van der Waals surface area contributed by atoms with Gasteiger partial charge in [-0.3, -0.25) is 0 Å². The molecular formula is C15H21BrFNO. The predicted octanol–water partition coefficient (Wildman–Crippen LogP) is 4.20. The molecule has 1 aliphatic rings. The molecule has 2 nitrogen and oxygen atoms in total. The standard InChI is InChI=1S/C15H21BrFNO/c1-18-15(6-2-4-14-5-3-7-19-14)11-8-12(16)10-13(17)9-11/h8-10,14-15,18H,2-7H2,1H3. The molecule has 1 aromatic carbocycles. The van der Waals surface area contributed by atoms with Crippen LogP contribution in [-0.2, 0) is 4.74 Å². The van der Waals surface area contributed by atoms with Crippen LogP contribution in [0.15, 0.2) is 22.7 Å². The molecule has 0 radical (unpaired) electrons. The summed E-state index contributed by atoms with van der Waals surface area (Å²) in [6.45, 7) is 0.914. The highest BCUT2D eigenvalue weighted by molar-refractivity contribution is 9.10. The molecule has 0 amide bonds. The predicted molar refractivity (Wildman–Crippen MR) is 78.7 cm³/mol. The number of benzene rings is 1. The van der Waals surface area contributed by atoms with Gasteiger partial charge in [-0.05, 0) is 62.9 Å². The Balaban J connectivity index is 1.87. The maximum atomic E-state index is 13.4. The second-order valence-electron chi connectivity index (χ2n) is 5.11. The van der Waals surface area contributed by atoms with Gasteiger partial charge in [-0.2, -0.15) is 0 Å². The van der Waals surface area contributed by atoms with Crippen LogP contribution >= 0.6 is 15.9 Å². The summed E-state index contributed by atoms with van der Waals surface area (Å²) in [4.78, 5) is 0. The van der Waals surface area contributed by atoms with Crippen LogP contribution in [0.2, 0.25) is 0 Å². The molecule has 2 unspecified atom stereocenters. The van der Waals surface area contributed by atoms with Crippen LogP contribution in [-0.4, -0.2) is 19.8 Å². The normalized spacial score (nSPS) is 20.7. The van der Waals surface area contributed by atoms with Gasteiger partial charge in [0.1, 0.15) is 5.82 Å². The van der Waals surface area contributed by atoms with Gasteiger partial charge in [0.2, 0.25) is 0 Å². The molecule has 0 saturated carbocycles. The fourth-order valence-corrected chi connectivity index (χ4v) is 3.16. The summed E-state index contributed by atoms with van der Waals surface area (Å²) in [6.07, 6.45) is 6.04. The Hall–Kier alpha value is -0.450. The molecule has 0 bridgehead atoms. The van der Waals surface area contributed by atoms with E-state index in [0.29, 0.717) is 6.10 Å². The largest absolute Gasteiger partial charge is 0.378 e. The molecule has 2 rings (SSSR count). The SMILES string of the molecule is CNC(CCCC1CCCO1)c1cc(F)cc(Br)c1. The van der Waals surface area contributed by atoms with Crippen molar-refractivity contribution in [3.63, 3.8) is 0 Å². The van der Waals surface area contributed by atoms with E-state index in [1.807, 2.05) is 13.1 Å². The summed E-state index contributed by atoms with van der Waals surface area (Å²) < 4.78 is 19.8. The lowest BCUT2D eigenvalue weighted by Crippen LogP contribution is -2.17. The monoisotopic (exact) mass is 329 g/mol. The molecule has 4 heteroatoms. The third kappa shape index (κ3) is 4.55. The summed E-state index contributed by atoms with van der Waals surface area (Å²) in [5.74, 6) is -0.191. The van der Waals surface area contributed by atoms with Crippen LogP contribution in [0.4, 0.5) is 4.39 Å². The lowest BCUT2D eigenvalue weighted by molar-refractivity contribution is 0.101. The first-order valence-corrected chi connectivity index (χ1v) is 7.73. The van der Waals surface area contributed by atoms with E-state index in [0.717, 1.165) is 35.9 Å². The summed E-state index contributed by atoms with van der Waals surface area (Å²) in [5.41, 5.74) is 1.00. The smallest absolute Gasteiger partial charge is 0.124 e. The van der Waals surface area contributed by atoms with Gasteiger partial charge in [0.15, 0.2) is 0 Å². The van der Waals surface area contributed by atoms with Gasteiger partial charge < -0.3 is 10.1 Å². The average Bonchev–Trinajstić information content (AvgIpc) is 2.86. The van der Waals surface area contributed by atoms with Gasteiger partial charge >= 0.3 is 0 Å². The van der Waals surface area contributed by atoms with E-state index in [-0.39, 0.29) is 11.9 Å². The van der Waals surface area contributed by atoms with Crippen LogP contribution in [0.3, 0.4) is 0 Å². The zero-order valence-corrected chi connectivity index (χ0v) is 12.9. The van der Waals surface area contributed by atoms with E-state index in [1.54, 1.807) is 6.07 Å². The maximum Gasteiger partial charge on any atom is 0.124 e. The van der Waals surface area contributed by atoms with E-state index >= 15 is 0 Å². The van der Waals surface area contributed by atoms with Gasteiger partial charge in [-0.15, -0.1) is 0 Å². The Bertz CT molecular complexity index is 387. The van der Waals surface area contributed by atoms with Crippen LogP contribution in [0.25, 0.3) is 0 Å². The molecule has 0 spiro atoms. The number of hydrogen-bond donors (Lipinski definition) is 1. The molecule has 1 heterocycles. The fourth-order valence-electron chi connectivity index (χ4n) is 2.68. The topological polar surface area (TPSA) is 21.3 Å². The van der Waals surface area contributed by atoms with Gasteiger partial charge in [0.05, 0.1) is 6.10 Å². The Morgan fingerprint density at radius 2 is 2.32 bits per heavy atom. The highest BCUT2D eigenvalue weighted by Crippen LogP contribution is 2.25. The Labute approximate surface area is 122 Å². The molecule has 106 valence electrons. The van der Waals surface area contributed by atoms with E-state index in [9.17, 15) is 4.39 Å². The molecule has 19 heavy (non-hydrogen) atoms. The minimum Gasteiger partial charge on any atom is -0.378 e. The third-order valence-electron chi connectivity index (χ3n) is 3.68. The number of halogens is 2. The molecule has 0 aromatic heterocycles. The third-order valence-corrected chi connectivity index (χ3v) is 4.14. The molecule has 1 saturated heterocycles. The summed E-state index contributed by atoms with van der Waals surface area (Å²) in [5, 5.41) is 3.27. The van der Waals surface area contributed by atoms with Crippen molar-refractivity contribution in [2.24, 2.45) is 0 Å². The molecule has 2 atom stereocenters. The Morgan fingerprint density at radius 1 is 1.47 bits per heavy atom. The summed E-state index contributed by atoms with van der Waals surface area (Å²) in [6, 6.07) is 5.28. The fraction of sp³-hybridized carbons (Fsp3) is 0.600. The van der Waals surface area contributed by atoms with E-state index in [4.69, 9.17) is 4.74 Å². The number of rotatable bonds is 6. The molecular weight excluding hydrogens is 309 g/mol. The first-order chi connectivity index (χ1) is 9.19. The van der Waals surface area contributed by atoms with E-state index < -0.39 is 0 Å². The van der Waals surface area contributed by atoms with Crippen molar-refractivity contribution >= 4 is 15.9 Å². The highest BCUT2D eigenvalue weighted by Gasteiger charge is 2.16. The van der Waals surface area contributed by atoms with Crippen molar-refractivity contribution < 1.29 is 9.13 Å². The lowest BCUT2D eigenvalue weighted by atomic mass is 9.99. The van der Waals surface area contributed by atoms with Crippen molar-refractivity contribution in [2.45, 2.75) is 44.2 Å². The minimum absolute atomic E-state index is 0.191. The summed E-state index contributed by atoms with van der Waals surface area (Å²) in [7, 11) is 1.93. The first kappa shape index (κ1) is 14.9. The van der Waals surface area contributed by atoms with E-state index in [1.165, 1.54) is 18.9 Å². The molecule has 1 fully saturated rings. The average molecular weight is 330 g/mol. The second kappa shape index (κ2) is 7.36. The number of nitrogens with one attached hydrogen (secondary N) is 1. The van der Waals surface area contributed by atoms with Crippen molar-refractivity contribution in [3.05, 3.63) is 34.1 Å². The molecule has 0 aliphatic carbocycles. The van der Waals surface area contributed by atoms with Crippen LogP contribution in [0.1, 0.15) is 43.7 Å². The minimum atomic E-state index is -0.191. The zero-order chi connectivity index (χ0) is 13.7.